The Bertz CT molecular complexity index is 773. The van der Waals surface area contributed by atoms with Crippen LogP contribution in [0.2, 0.25) is 0 Å². The van der Waals surface area contributed by atoms with Crippen molar-refractivity contribution in [2.75, 3.05) is 32.1 Å². The van der Waals surface area contributed by atoms with E-state index < -0.39 is 16.8 Å². The van der Waals surface area contributed by atoms with Gasteiger partial charge < -0.3 is 15.8 Å². The third-order valence-electron chi connectivity index (χ3n) is 5.85. The number of nitrogens with zero attached hydrogens (tertiary/aromatic N) is 2. The van der Waals surface area contributed by atoms with E-state index in [1.165, 1.54) is 11.0 Å². The Morgan fingerprint density at radius 3 is 2.54 bits per heavy atom. The Kier molecular flexibility index (Phi) is 4.26. The second-order valence-electron chi connectivity index (χ2n) is 8.38. The van der Waals surface area contributed by atoms with Crippen LogP contribution >= 0.6 is 0 Å². The molecule has 2 aliphatic heterocycles. The van der Waals surface area contributed by atoms with E-state index >= 15 is 0 Å². The summed E-state index contributed by atoms with van der Waals surface area (Å²) in [6, 6.07) is 4.84. The molecule has 0 unspecified atom stereocenters. The molecule has 0 spiro atoms. The van der Waals surface area contributed by atoms with Crippen molar-refractivity contribution >= 4 is 17.6 Å². The van der Waals surface area contributed by atoms with Crippen LogP contribution in [-0.2, 0) is 15.1 Å². The summed E-state index contributed by atoms with van der Waals surface area (Å²) in [6.45, 7) is 9.58. The topological polar surface area (TPSA) is 80.0 Å². The number of carbonyl (C=O) groups is 1. The number of hydrogen-bond acceptors (Lipinski definition) is 5. The molecule has 2 aliphatic rings. The zero-order valence-corrected chi connectivity index (χ0v) is 16.0. The quantitative estimate of drug-likeness (QED) is 0.861. The number of rotatable bonds is 4. The summed E-state index contributed by atoms with van der Waals surface area (Å²) in [5.41, 5.74) is 5.11. The fourth-order valence-corrected chi connectivity index (χ4v) is 3.45. The van der Waals surface area contributed by atoms with Crippen LogP contribution in [0, 0.1) is 16.6 Å². The van der Waals surface area contributed by atoms with Crippen molar-refractivity contribution in [1.82, 2.24) is 4.90 Å². The molecule has 1 saturated heterocycles. The minimum absolute atomic E-state index is 0.0871. The minimum atomic E-state index is -1.11. The molecule has 3 N–H and O–H groups in total. The van der Waals surface area contributed by atoms with Crippen molar-refractivity contribution in [3.8, 4) is 0 Å². The van der Waals surface area contributed by atoms with Crippen LogP contribution in [0.3, 0.4) is 0 Å². The summed E-state index contributed by atoms with van der Waals surface area (Å²) in [5, 5.41) is 3.35. The molecule has 3 rings (SSSR count). The summed E-state index contributed by atoms with van der Waals surface area (Å²) in [5.74, 6) is -0.503. The highest BCUT2D eigenvalue weighted by atomic mass is 19.1. The molecule has 142 valence electrons. The second-order valence-corrected chi connectivity index (χ2v) is 8.38. The smallest absolute Gasteiger partial charge is 0.237 e. The first-order chi connectivity index (χ1) is 12.0. The number of anilines is 1. The zero-order valence-electron chi connectivity index (χ0n) is 16.0. The van der Waals surface area contributed by atoms with Gasteiger partial charge in [0, 0.05) is 30.3 Å². The Labute approximate surface area is 153 Å². The third kappa shape index (κ3) is 2.74. The number of nitrogens with two attached hydrogens (primary N) is 1. The van der Waals surface area contributed by atoms with Crippen molar-refractivity contribution in [2.45, 2.75) is 33.2 Å². The lowest BCUT2D eigenvalue weighted by Crippen LogP contribution is -2.58. The highest BCUT2D eigenvalue weighted by molar-refractivity contribution is 6.01. The minimum Gasteiger partial charge on any atom is -0.384 e. The maximum atomic E-state index is 14.8. The predicted molar refractivity (Wildman–Crippen MR) is 99.3 cm³/mol. The van der Waals surface area contributed by atoms with Gasteiger partial charge in [-0.25, -0.2) is 9.38 Å². The summed E-state index contributed by atoms with van der Waals surface area (Å²) in [4.78, 5) is 18.6. The van der Waals surface area contributed by atoms with Gasteiger partial charge in [-0.1, -0.05) is 6.92 Å². The van der Waals surface area contributed by atoms with Gasteiger partial charge in [-0.2, -0.15) is 0 Å². The first-order valence-corrected chi connectivity index (χ1v) is 8.75. The van der Waals surface area contributed by atoms with Crippen molar-refractivity contribution in [3.05, 3.63) is 29.6 Å². The largest absolute Gasteiger partial charge is 0.384 e. The molecule has 1 amide bonds. The highest BCUT2D eigenvalue weighted by Gasteiger charge is 2.53. The van der Waals surface area contributed by atoms with Crippen LogP contribution in [-0.4, -0.2) is 43.6 Å². The van der Waals surface area contributed by atoms with Gasteiger partial charge in [-0.3, -0.25) is 9.69 Å². The van der Waals surface area contributed by atoms with Gasteiger partial charge in [0.05, 0.1) is 18.6 Å². The first-order valence-electron chi connectivity index (χ1n) is 8.75. The van der Waals surface area contributed by atoms with E-state index in [9.17, 15) is 9.18 Å². The van der Waals surface area contributed by atoms with Crippen molar-refractivity contribution in [3.63, 3.8) is 0 Å². The average molecular weight is 362 g/mol. The molecule has 1 aromatic rings. The highest BCUT2D eigenvalue weighted by Crippen LogP contribution is 2.47. The maximum Gasteiger partial charge on any atom is 0.237 e. The second kappa shape index (κ2) is 5.94. The van der Waals surface area contributed by atoms with Gasteiger partial charge in [0.2, 0.25) is 5.91 Å². The Balaban J connectivity index is 1.99. The molecule has 0 aromatic heterocycles. The number of ether oxygens (including phenoxy) is 1. The van der Waals surface area contributed by atoms with E-state index in [1.54, 1.807) is 40.0 Å². The Morgan fingerprint density at radius 2 is 1.96 bits per heavy atom. The first kappa shape index (κ1) is 18.6. The van der Waals surface area contributed by atoms with E-state index in [0.29, 0.717) is 18.8 Å². The maximum absolute atomic E-state index is 14.8. The van der Waals surface area contributed by atoms with Gasteiger partial charge in [0.15, 0.2) is 5.96 Å². The number of hydrogen-bond donors (Lipinski definition) is 2. The Morgan fingerprint density at radius 1 is 1.31 bits per heavy atom. The Hall–Kier alpha value is -2.15. The molecule has 0 aliphatic carbocycles. The van der Waals surface area contributed by atoms with Crippen LogP contribution in [0.25, 0.3) is 0 Å². The fraction of sp³-hybridized carbons (Fsp3) is 0.579. The number of carbonyl (C=O) groups excluding carboxylic acids is 1. The summed E-state index contributed by atoms with van der Waals surface area (Å²) in [6.07, 6.45) is 0. The molecule has 0 bridgehead atoms. The van der Waals surface area contributed by atoms with Crippen LogP contribution in [0.15, 0.2) is 23.2 Å². The van der Waals surface area contributed by atoms with Crippen LogP contribution < -0.4 is 11.1 Å². The molecular weight excluding hydrogens is 335 g/mol. The van der Waals surface area contributed by atoms with E-state index in [0.717, 1.165) is 12.2 Å². The third-order valence-corrected chi connectivity index (χ3v) is 5.85. The molecule has 2 heterocycles. The van der Waals surface area contributed by atoms with E-state index in [1.807, 2.05) is 0 Å². The van der Waals surface area contributed by atoms with Crippen molar-refractivity contribution in [2.24, 2.45) is 21.6 Å². The van der Waals surface area contributed by atoms with Gasteiger partial charge in [0.1, 0.15) is 11.4 Å². The van der Waals surface area contributed by atoms with Crippen molar-refractivity contribution < 1.29 is 13.9 Å². The lowest BCUT2D eigenvalue weighted by Gasteiger charge is -2.46. The lowest BCUT2D eigenvalue weighted by molar-refractivity contribution is -0.140. The molecule has 0 saturated carbocycles. The van der Waals surface area contributed by atoms with Gasteiger partial charge in [-0.15, -0.1) is 0 Å². The van der Waals surface area contributed by atoms with Gasteiger partial charge in [-0.05, 0) is 39.0 Å². The molecule has 6 nitrogen and oxygen atoms in total. The normalized spacial score (nSPS) is 26.9. The molecule has 1 atom stereocenters. The number of benzene rings is 1. The SMILES string of the molecule is CN1C(=O)C(C)(C)[C@@](C)(c2cc(NCC3(C)COC3)ccc2F)N=C1N. The van der Waals surface area contributed by atoms with Crippen LogP contribution in [0.1, 0.15) is 33.3 Å². The number of amides is 1. The molecular formula is C19H27FN4O2. The number of guanidine groups is 1. The molecule has 1 fully saturated rings. The van der Waals surface area contributed by atoms with Crippen LogP contribution in [0.5, 0.6) is 0 Å². The van der Waals surface area contributed by atoms with E-state index in [4.69, 9.17) is 10.5 Å². The molecule has 7 heteroatoms. The molecule has 1 aromatic carbocycles. The number of aliphatic imine (C=N–C) groups is 1. The fourth-order valence-electron chi connectivity index (χ4n) is 3.45. The molecule has 0 radical (unpaired) electrons. The number of halogens is 1. The summed E-state index contributed by atoms with van der Waals surface area (Å²) < 4.78 is 20.0. The number of nitrogens with one attached hydrogen (secondary N) is 1. The predicted octanol–water partition coefficient (Wildman–Crippen LogP) is 2.30. The molecule has 26 heavy (non-hydrogen) atoms. The zero-order chi connectivity index (χ0) is 19.3. The van der Waals surface area contributed by atoms with Gasteiger partial charge >= 0.3 is 0 Å². The van der Waals surface area contributed by atoms with E-state index in [2.05, 4.69) is 17.2 Å². The van der Waals surface area contributed by atoms with Crippen molar-refractivity contribution in [1.29, 1.82) is 0 Å². The van der Waals surface area contributed by atoms with E-state index in [-0.39, 0.29) is 17.3 Å². The monoisotopic (exact) mass is 362 g/mol. The van der Waals surface area contributed by atoms with Gasteiger partial charge in [0.25, 0.3) is 0 Å². The summed E-state index contributed by atoms with van der Waals surface area (Å²) in [7, 11) is 1.58. The van der Waals surface area contributed by atoms with Crippen LogP contribution in [0.4, 0.5) is 10.1 Å². The standard InChI is InChI=1S/C19H27FN4O2/c1-17(2)15(25)24(5)16(21)23-19(17,4)13-8-12(6-7-14(13)20)22-9-18(3)10-26-11-18/h6-8,22H,9-11H2,1-5H3,(H2,21,23)/t19-/m1/s1. The average Bonchev–Trinajstić information content (AvgIpc) is 2.56. The summed E-state index contributed by atoms with van der Waals surface area (Å²) >= 11 is 0. The lowest BCUT2D eigenvalue weighted by atomic mass is 9.67.